The lowest BCUT2D eigenvalue weighted by Crippen LogP contribution is -2.59. The molecule has 2 saturated carbocycles. The van der Waals surface area contributed by atoms with Crippen molar-refractivity contribution in [2.45, 2.75) is 101 Å². The molecule has 14 nitrogen and oxygen atoms in total. The number of phenols is 1. The van der Waals surface area contributed by atoms with Crippen LogP contribution in [0.5, 0.6) is 11.8 Å². The molecule has 2 amide bonds. The molecule has 3 N–H and O–H groups in total. The van der Waals surface area contributed by atoms with Gasteiger partial charge in [-0.2, -0.15) is 15.1 Å². The van der Waals surface area contributed by atoms with Crippen molar-refractivity contribution in [1.82, 2.24) is 45.2 Å². The number of fused-ring (bicyclic) bond motifs is 5. The molecular formula is C57H62F2N10O4. The molecule has 3 aromatic heterocycles. The van der Waals surface area contributed by atoms with E-state index in [2.05, 4.69) is 54.4 Å². The highest BCUT2D eigenvalue weighted by Crippen LogP contribution is 2.52. The first-order valence-electron chi connectivity index (χ1n) is 26.6. The zero-order valence-corrected chi connectivity index (χ0v) is 41.4. The third-order valence-electron chi connectivity index (χ3n) is 18.0. The van der Waals surface area contributed by atoms with Crippen LogP contribution in [-0.4, -0.2) is 123 Å². The maximum absolute atomic E-state index is 17.2. The number of rotatable bonds is 11. The summed E-state index contributed by atoms with van der Waals surface area (Å²) in [7, 11) is 1.94. The number of piperazine rings is 1. The Morgan fingerprint density at radius 1 is 0.904 bits per heavy atom. The second kappa shape index (κ2) is 18.0. The Labute approximate surface area is 423 Å². The van der Waals surface area contributed by atoms with Crippen LogP contribution < -0.4 is 20.3 Å². The molecule has 13 rings (SSSR count). The number of carbonyl (C=O) groups is 2. The molecule has 2 aliphatic carbocycles. The van der Waals surface area contributed by atoms with Crippen LogP contribution >= 0.6 is 0 Å². The molecule has 16 heteroatoms. The summed E-state index contributed by atoms with van der Waals surface area (Å²) in [6, 6.07) is 13.0. The van der Waals surface area contributed by atoms with Crippen LogP contribution in [0.25, 0.3) is 43.8 Å². The van der Waals surface area contributed by atoms with Gasteiger partial charge >= 0.3 is 6.01 Å². The van der Waals surface area contributed by atoms with Gasteiger partial charge in [-0.3, -0.25) is 24.6 Å². The molecule has 3 aromatic carbocycles. The number of likely N-dealkylation sites (tertiary alicyclic amines) is 2. The van der Waals surface area contributed by atoms with Crippen molar-refractivity contribution >= 4 is 50.2 Å². The van der Waals surface area contributed by atoms with Crippen molar-refractivity contribution in [2.75, 3.05) is 63.9 Å². The number of aryl methyl sites for hydroxylation is 1. The van der Waals surface area contributed by atoms with Gasteiger partial charge in [0, 0.05) is 92.8 Å². The SMILES string of the molecule is C#Cc1c(F)ccc2cc(O)cc(-c3ncc4c(N5CC6CCC(C5)N6)nc(OCC5(CN6CC7(CCC(CN8CCC(c9ccc%10c(C%11CCC(=O)NC%11=O)nn(C)c%10c9)CC8)CC7)C6)CC5)nc4c3F)c12. The van der Waals surface area contributed by atoms with Crippen LogP contribution in [0, 0.1) is 40.7 Å². The van der Waals surface area contributed by atoms with Gasteiger partial charge in [0.25, 0.3) is 0 Å². The summed E-state index contributed by atoms with van der Waals surface area (Å²) in [6.07, 6.45) is 19.8. The summed E-state index contributed by atoms with van der Waals surface area (Å²) in [6.45, 7) is 8.49. The first kappa shape index (κ1) is 46.5. The van der Waals surface area contributed by atoms with E-state index in [1.807, 2.05) is 11.7 Å². The quantitative estimate of drug-likeness (QED) is 0.0862. The van der Waals surface area contributed by atoms with Crippen LogP contribution in [-0.2, 0) is 16.6 Å². The van der Waals surface area contributed by atoms with Gasteiger partial charge in [0.05, 0.1) is 34.7 Å². The standard InChI is InChI=1S/C57H62F2N10O4/c1-3-40-45(58)10-5-36-22-39(70)24-43(48(36)40)51-49(59)52-44(25-60-51)53(69-27-37-6-7-38(28-69)61-37)64-55(63-52)73-32-57(18-19-57)31-68-29-56(30-68)16-12-33(13-17-56)26-67-20-14-34(15-21-67)35-4-8-41-46(23-35)66(2)65-50(41)42-9-11-47(71)62-54(42)72/h1,4-5,8,10,22-25,33-34,37-38,42,61,70H,6-7,9,11-21,26-32H2,2H3,(H,62,71,72). The summed E-state index contributed by atoms with van der Waals surface area (Å²) in [5.41, 5.74) is 3.68. The average molecular weight is 989 g/mol. The number of ether oxygens (including phenoxy) is 1. The first-order valence-corrected chi connectivity index (χ1v) is 26.6. The molecule has 7 fully saturated rings. The highest BCUT2D eigenvalue weighted by molar-refractivity contribution is 6.04. The Kier molecular flexibility index (Phi) is 11.5. The number of aromatic hydroxyl groups is 1. The maximum Gasteiger partial charge on any atom is 0.319 e. The van der Waals surface area contributed by atoms with Crippen LogP contribution in [0.2, 0.25) is 0 Å². The molecule has 8 heterocycles. The number of imide groups is 1. The Hall–Kier alpha value is -6.28. The summed E-state index contributed by atoms with van der Waals surface area (Å²) < 4.78 is 40.6. The van der Waals surface area contributed by atoms with Gasteiger partial charge in [0.1, 0.15) is 28.6 Å². The smallest absolute Gasteiger partial charge is 0.319 e. The Morgan fingerprint density at radius 3 is 2.42 bits per heavy atom. The van der Waals surface area contributed by atoms with Gasteiger partial charge in [-0.05, 0) is 136 Å². The van der Waals surface area contributed by atoms with Crippen LogP contribution in [0.1, 0.15) is 106 Å². The predicted molar refractivity (Wildman–Crippen MR) is 274 cm³/mol. The molecule has 2 bridgehead atoms. The van der Waals surface area contributed by atoms with Gasteiger partial charge in [0.2, 0.25) is 11.8 Å². The molecule has 0 radical (unpaired) electrons. The van der Waals surface area contributed by atoms with E-state index in [1.165, 1.54) is 62.1 Å². The lowest BCUT2D eigenvalue weighted by Gasteiger charge is -2.55. The van der Waals surface area contributed by atoms with E-state index in [0.29, 0.717) is 64.8 Å². The average Bonchev–Trinajstić information content (AvgIpc) is 3.96. The highest BCUT2D eigenvalue weighted by Gasteiger charge is 2.51. The lowest BCUT2D eigenvalue weighted by atomic mass is 9.65. The predicted octanol–water partition coefficient (Wildman–Crippen LogP) is 7.69. The lowest BCUT2D eigenvalue weighted by molar-refractivity contribution is -0.134. The third-order valence-corrected chi connectivity index (χ3v) is 18.0. The monoisotopic (exact) mass is 988 g/mol. The number of terminal acetylenes is 1. The number of phenolic OH excluding ortho intramolecular Hbond substituents is 1. The molecule has 5 aliphatic heterocycles. The molecule has 5 saturated heterocycles. The van der Waals surface area contributed by atoms with Crippen molar-refractivity contribution in [2.24, 2.45) is 23.8 Å². The molecule has 73 heavy (non-hydrogen) atoms. The van der Waals surface area contributed by atoms with E-state index in [0.717, 1.165) is 107 Å². The minimum Gasteiger partial charge on any atom is -0.508 e. The Balaban J connectivity index is 0.635. The number of halogens is 2. The summed E-state index contributed by atoms with van der Waals surface area (Å²) in [5.74, 6) is 1.95. The summed E-state index contributed by atoms with van der Waals surface area (Å²) >= 11 is 0. The molecule has 3 atom stereocenters. The number of nitrogens with one attached hydrogen (secondary N) is 2. The van der Waals surface area contributed by atoms with Gasteiger partial charge in [0.15, 0.2) is 5.82 Å². The molecule has 7 aliphatic rings. The molecule has 3 unspecified atom stereocenters. The largest absolute Gasteiger partial charge is 0.508 e. The number of piperidine rings is 2. The van der Waals surface area contributed by atoms with E-state index < -0.39 is 17.6 Å². The first-order chi connectivity index (χ1) is 35.4. The molecule has 1 spiro atoms. The van der Waals surface area contributed by atoms with E-state index >= 15 is 8.78 Å². The molecule has 378 valence electrons. The van der Waals surface area contributed by atoms with Gasteiger partial charge in [-0.15, -0.1) is 6.42 Å². The number of hydrogen-bond acceptors (Lipinski definition) is 12. The number of carbonyl (C=O) groups excluding carboxylic acids is 2. The summed E-state index contributed by atoms with van der Waals surface area (Å²) in [4.78, 5) is 46.3. The fourth-order valence-corrected chi connectivity index (χ4v) is 13.8. The maximum atomic E-state index is 17.2. The highest BCUT2D eigenvalue weighted by atomic mass is 19.1. The number of amides is 2. The van der Waals surface area contributed by atoms with Crippen molar-refractivity contribution in [3.8, 4) is 35.4 Å². The second-order valence-electron chi connectivity index (χ2n) is 23.0. The summed E-state index contributed by atoms with van der Waals surface area (Å²) in [5, 5.41) is 23.9. The van der Waals surface area contributed by atoms with Gasteiger partial charge < -0.3 is 29.9 Å². The van der Waals surface area contributed by atoms with Gasteiger partial charge in [-0.25, -0.2) is 8.78 Å². The molecular weight excluding hydrogens is 927 g/mol. The van der Waals surface area contributed by atoms with Gasteiger partial charge in [-0.1, -0.05) is 24.1 Å². The Bertz CT molecular complexity index is 3240. The van der Waals surface area contributed by atoms with E-state index in [-0.39, 0.29) is 51.3 Å². The fourth-order valence-electron chi connectivity index (χ4n) is 13.8. The minimum atomic E-state index is -0.713. The zero-order valence-electron chi connectivity index (χ0n) is 41.4. The number of pyridine rings is 1. The second-order valence-corrected chi connectivity index (χ2v) is 23.0. The number of anilines is 1. The Morgan fingerprint density at radius 2 is 1.68 bits per heavy atom. The van der Waals surface area contributed by atoms with Crippen molar-refractivity contribution in [1.29, 1.82) is 0 Å². The van der Waals surface area contributed by atoms with E-state index in [4.69, 9.17) is 26.2 Å². The van der Waals surface area contributed by atoms with Crippen molar-refractivity contribution < 1.29 is 28.2 Å². The normalized spacial score (nSPS) is 24.4. The van der Waals surface area contributed by atoms with Crippen LogP contribution in [0.3, 0.4) is 0 Å². The van der Waals surface area contributed by atoms with Crippen LogP contribution in [0.4, 0.5) is 14.6 Å². The number of aromatic nitrogens is 5. The number of benzene rings is 3. The minimum absolute atomic E-state index is 0.00206. The fraction of sp³-hybridized carbons (Fsp3) is 0.509. The van der Waals surface area contributed by atoms with E-state index in [9.17, 15) is 14.7 Å². The van der Waals surface area contributed by atoms with Crippen molar-refractivity contribution in [3.05, 3.63) is 77.1 Å². The van der Waals surface area contributed by atoms with Crippen LogP contribution in [0.15, 0.2) is 48.7 Å². The number of nitrogens with zero attached hydrogens (tertiary/aromatic N) is 8. The zero-order chi connectivity index (χ0) is 49.8. The molecule has 6 aromatic rings. The van der Waals surface area contributed by atoms with E-state index in [1.54, 1.807) is 6.20 Å². The number of hydrogen-bond donors (Lipinski definition) is 3. The topological polar surface area (TPSA) is 154 Å². The third kappa shape index (κ3) is 8.54. The van der Waals surface area contributed by atoms with Crippen molar-refractivity contribution in [3.63, 3.8) is 0 Å².